The fraction of sp³-hybridized carbons (Fsp3) is 0.308. The SMILES string of the molecule is Cc1ccc(S(=O)(=O)NCCCc2ncc[nH]2)cc1. The Morgan fingerprint density at radius 2 is 2.00 bits per heavy atom. The van der Waals surface area contributed by atoms with Crippen molar-refractivity contribution in [1.82, 2.24) is 14.7 Å². The molecule has 0 fully saturated rings. The Bertz CT molecular complexity index is 604. The number of nitrogens with zero attached hydrogens (tertiary/aromatic N) is 1. The van der Waals surface area contributed by atoms with E-state index >= 15 is 0 Å². The highest BCUT2D eigenvalue weighted by Crippen LogP contribution is 2.09. The highest BCUT2D eigenvalue weighted by molar-refractivity contribution is 7.89. The lowest BCUT2D eigenvalue weighted by Crippen LogP contribution is -2.25. The first kappa shape index (κ1) is 13.8. The van der Waals surface area contributed by atoms with Crippen LogP contribution >= 0.6 is 0 Å². The van der Waals surface area contributed by atoms with Gasteiger partial charge in [-0.15, -0.1) is 0 Å². The van der Waals surface area contributed by atoms with E-state index in [-0.39, 0.29) is 0 Å². The molecule has 19 heavy (non-hydrogen) atoms. The summed E-state index contributed by atoms with van der Waals surface area (Å²) >= 11 is 0. The third-order valence-corrected chi connectivity index (χ3v) is 4.25. The maximum absolute atomic E-state index is 12.0. The van der Waals surface area contributed by atoms with Crippen LogP contribution in [0.1, 0.15) is 17.8 Å². The molecule has 0 saturated carbocycles. The van der Waals surface area contributed by atoms with Gasteiger partial charge in [-0.3, -0.25) is 0 Å². The zero-order valence-corrected chi connectivity index (χ0v) is 11.6. The van der Waals surface area contributed by atoms with Gasteiger partial charge in [-0.25, -0.2) is 18.1 Å². The number of H-pyrrole nitrogens is 1. The second-order valence-electron chi connectivity index (χ2n) is 4.35. The Kier molecular flexibility index (Phi) is 4.34. The predicted molar refractivity (Wildman–Crippen MR) is 73.3 cm³/mol. The summed E-state index contributed by atoms with van der Waals surface area (Å²) in [6, 6.07) is 6.81. The minimum absolute atomic E-state index is 0.302. The van der Waals surface area contributed by atoms with Crippen LogP contribution in [0.25, 0.3) is 0 Å². The largest absolute Gasteiger partial charge is 0.349 e. The van der Waals surface area contributed by atoms with Crippen molar-refractivity contribution < 1.29 is 8.42 Å². The summed E-state index contributed by atoms with van der Waals surface area (Å²) in [5.74, 6) is 0.870. The lowest BCUT2D eigenvalue weighted by Gasteiger charge is -2.06. The van der Waals surface area contributed by atoms with E-state index in [2.05, 4.69) is 14.7 Å². The van der Waals surface area contributed by atoms with Gasteiger partial charge in [-0.2, -0.15) is 0 Å². The lowest BCUT2D eigenvalue weighted by atomic mass is 10.2. The monoisotopic (exact) mass is 279 g/mol. The van der Waals surface area contributed by atoms with Crippen molar-refractivity contribution in [2.75, 3.05) is 6.54 Å². The second-order valence-corrected chi connectivity index (χ2v) is 6.12. The molecule has 2 rings (SSSR count). The van der Waals surface area contributed by atoms with Gasteiger partial charge in [-0.1, -0.05) is 17.7 Å². The normalized spacial score (nSPS) is 11.6. The summed E-state index contributed by atoms with van der Waals surface area (Å²) in [6.07, 6.45) is 4.87. The maximum atomic E-state index is 12.0. The first-order valence-electron chi connectivity index (χ1n) is 6.12. The van der Waals surface area contributed by atoms with Crippen LogP contribution in [0.3, 0.4) is 0 Å². The zero-order chi connectivity index (χ0) is 13.7. The molecule has 0 aliphatic heterocycles. The number of benzene rings is 1. The van der Waals surface area contributed by atoms with Crippen molar-refractivity contribution in [1.29, 1.82) is 0 Å². The van der Waals surface area contributed by atoms with E-state index in [1.807, 2.05) is 6.92 Å². The molecule has 0 saturated heterocycles. The van der Waals surface area contributed by atoms with Crippen LogP contribution in [0.2, 0.25) is 0 Å². The highest BCUT2D eigenvalue weighted by atomic mass is 32.2. The van der Waals surface area contributed by atoms with Crippen molar-refractivity contribution in [2.45, 2.75) is 24.7 Å². The van der Waals surface area contributed by atoms with Crippen LogP contribution in [0.15, 0.2) is 41.6 Å². The van der Waals surface area contributed by atoms with E-state index in [1.165, 1.54) is 0 Å². The van der Waals surface area contributed by atoms with E-state index in [4.69, 9.17) is 0 Å². The number of sulfonamides is 1. The molecule has 0 amide bonds. The molecule has 0 bridgehead atoms. The topological polar surface area (TPSA) is 74.8 Å². The van der Waals surface area contributed by atoms with Crippen molar-refractivity contribution >= 4 is 10.0 Å². The molecule has 6 heteroatoms. The van der Waals surface area contributed by atoms with Gasteiger partial charge in [0.1, 0.15) is 5.82 Å². The number of aromatic nitrogens is 2. The van der Waals surface area contributed by atoms with Gasteiger partial charge in [0, 0.05) is 25.4 Å². The molecule has 102 valence electrons. The summed E-state index contributed by atoms with van der Waals surface area (Å²) in [6.45, 7) is 2.32. The molecule has 0 spiro atoms. The average molecular weight is 279 g/mol. The number of hydrogen-bond donors (Lipinski definition) is 2. The molecule has 0 aliphatic rings. The standard InChI is InChI=1S/C13H17N3O2S/c1-11-4-6-12(7-5-11)19(17,18)16-8-2-3-13-14-9-10-15-13/h4-7,9-10,16H,2-3,8H2,1H3,(H,14,15). The van der Waals surface area contributed by atoms with Gasteiger partial charge < -0.3 is 4.98 Å². The average Bonchev–Trinajstić information content (AvgIpc) is 2.88. The number of nitrogens with one attached hydrogen (secondary N) is 2. The Labute approximate surface area is 113 Å². The van der Waals surface area contributed by atoms with E-state index in [1.54, 1.807) is 36.7 Å². The number of hydrogen-bond acceptors (Lipinski definition) is 3. The second kappa shape index (κ2) is 5.99. The molecule has 2 aromatic rings. The quantitative estimate of drug-likeness (QED) is 0.789. The third kappa shape index (κ3) is 3.90. The van der Waals surface area contributed by atoms with Crippen LogP contribution in [0.5, 0.6) is 0 Å². The Morgan fingerprint density at radius 3 is 2.63 bits per heavy atom. The van der Waals surface area contributed by atoms with Gasteiger partial charge in [0.15, 0.2) is 0 Å². The number of aryl methyl sites for hydroxylation is 2. The molecule has 1 aromatic heterocycles. The molecule has 0 radical (unpaired) electrons. The van der Waals surface area contributed by atoms with Gasteiger partial charge in [0.2, 0.25) is 10.0 Å². The van der Waals surface area contributed by atoms with Crippen LogP contribution in [0, 0.1) is 6.92 Å². The van der Waals surface area contributed by atoms with Crippen LogP contribution in [0.4, 0.5) is 0 Å². The molecule has 0 aliphatic carbocycles. The molecular weight excluding hydrogens is 262 g/mol. The Hall–Kier alpha value is -1.66. The van der Waals surface area contributed by atoms with Crippen molar-refractivity contribution in [3.05, 3.63) is 48.0 Å². The zero-order valence-electron chi connectivity index (χ0n) is 10.8. The van der Waals surface area contributed by atoms with Crippen LogP contribution < -0.4 is 4.72 Å². The third-order valence-electron chi connectivity index (χ3n) is 2.77. The Morgan fingerprint density at radius 1 is 1.26 bits per heavy atom. The summed E-state index contributed by atoms with van der Waals surface area (Å²) in [5.41, 5.74) is 1.04. The molecular formula is C13H17N3O2S. The van der Waals surface area contributed by atoms with Crippen LogP contribution in [-0.4, -0.2) is 24.9 Å². The van der Waals surface area contributed by atoms with Crippen molar-refractivity contribution in [3.8, 4) is 0 Å². The Balaban J connectivity index is 1.86. The molecule has 0 unspecified atom stereocenters. The first-order valence-corrected chi connectivity index (χ1v) is 7.61. The summed E-state index contributed by atoms with van der Waals surface area (Å²) in [4.78, 5) is 7.37. The van der Waals surface area contributed by atoms with Crippen LogP contribution in [-0.2, 0) is 16.4 Å². The minimum atomic E-state index is -3.40. The fourth-order valence-corrected chi connectivity index (χ4v) is 2.77. The van der Waals surface area contributed by atoms with E-state index in [0.29, 0.717) is 17.9 Å². The number of imidazole rings is 1. The van der Waals surface area contributed by atoms with Crippen molar-refractivity contribution in [2.24, 2.45) is 0 Å². The molecule has 5 nitrogen and oxygen atoms in total. The molecule has 1 aromatic carbocycles. The predicted octanol–water partition coefficient (Wildman–Crippen LogP) is 1.63. The van der Waals surface area contributed by atoms with Gasteiger partial charge in [0.25, 0.3) is 0 Å². The molecule has 2 N–H and O–H groups in total. The minimum Gasteiger partial charge on any atom is -0.349 e. The van der Waals surface area contributed by atoms with E-state index in [9.17, 15) is 8.42 Å². The van der Waals surface area contributed by atoms with E-state index < -0.39 is 10.0 Å². The first-order chi connectivity index (χ1) is 9.08. The smallest absolute Gasteiger partial charge is 0.240 e. The molecule has 0 atom stereocenters. The van der Waals surface area contributed by atoms with E-state index in [0.717, 1.165) is 17.8 Å². The lowest BCUT2D eigenvalue weighted by molar-refractivity contribution is 0.578. The van der Waals surface area contributed by atoms with Gasteiger partial charge in [-0.05, 0) is 25.5 Å². The maximum Gasteiger partial charge on any atom is 0.240 e. The van der Waals surface area contributed by atoms with Gasteiger partial charge in [0.05, 0.1) is 4.90 Å². The summed E-state index contributed by atoms with van der Waals surface area (Å²) < 4.78 is 26.5. The molecule has 1 heterocycles. The fourth-order valence-electron chi connectivity index (χ4n) is 1.70. The summed E-state index contributed by atoms with van der Waals surface area (Å²) in [5, 5.41) is 0. The number of aromatic amines is 1. The summed E-state index contributed by atoms with van der Waals surface area (Å²) in [7, 11) is -3.40. The van der Waals surface area contributed by atoms with Gasteiger partial charge >= 0.3 is 0 Å². The number of rotatable bonds is 6. The van der Waals surface area contributed by atoms with Crippen molar-refractivity contribution in [3.63, 3.8) is 0 Å². The highest BCUT2D eigenvalue weighted by Gasteiger charge is 2.12.